The van der Waals surface area contributed by atoms with E-state index in [1.54, 1.807) is 17.0 Å². The second-order valence-electron chi connectivity index (χ2n) is 9.92. The highest BCUT2D eigenvalue weighted by Gasteiger charge is 2.34. The Bertz CT molecular complexity index is 1440. The monoisotopic (exact) mass is 581 g/mol. The van der Waals surface area contributed by atoms with E-state index in [9.17, 15) is 14.4 Å². The zero-order chi connectivity index (χ0) is 28.6. The molecule has 4 rings (SSSR count). The van der Waals surface area contributed by atoms with Crippen molar-refractivity contribution in [1.29, 1.82) is 0 Å². The number of hydrogen-bond donors (Lipinski definition) is 5. The molecule has 0 saturated carbocycles. The largest absolute Gasteiger partial charge is 0.368 e. The molecule has 0 spiro atoms. The van der Waals surface area contributed by atoms with Crippen molar-refractivity contribution in [3.05, 3.63) is 64.4 Å². The smallest absolute Gasteiger partial charge is 0.252 e. The molecular formula is C28H35N7O3S2. The van der Waals surface area contributed by atoms with Crippen molar-refractivity contribution in [2.45, 2.75) is 57.2 Å². The fraction of sp³-hybridized carbons (Fsp3) is 0.393. The Morgan fingerprint density at radius 1 is 1.02 bits per heavy atom. The fourth-order valence-corrected chi connectivity index (χ4v) is 5.48. The minimum atomic E-state index is -0.833. The van der Waals surface area contributed by atoms with Crippen LogP contribution in [0.1, 0.15) is 48.0 Å². The van der Waals surface area contributed by atoms with Gasteiger partial charge < -0.3 is 31.7 Å². The van der Waals surface area contributed by atoms with Gasteiger partial charge in [-0.3, -0.25) is 19.3 Å². The molecule has 0 bridgehead atoms. The Morgan fingerprint density at radius 2 is 1.77 bits per heavy atom. The van der Waals surface area contributed by atoms with E-state index in [-0.39, 0.29) is 11.9 Å². The Labute approximate surface area is 243 Å². The summed E-state index contributed by atoms with van der Waals surface area (Å²) in [5.74, 6) is -0.966. The van der Waals surface area contributed by atoms with E-state index in [2.05, 4.69) is 15.6 Å². The van der Waals surface area contributed by atoms with Crippen LogP contribution in [-0.2, 0) is 22.6 Å². The Kier molecular flexibility index (Phi) is 10.0. The van der Waals surface area contributed by atoms with Crippen LogP contribution in [0.4, 0.5) is 0 Å². The number of amides is 3. The zero-order valence-electron chi connectivity index (χ0n) is 22.2. The van der Waals surface area contributed by atoms with Crippen LogP contribution >= 0.6 is 24.4 Å². The number of aromatic nitrogens is 2. The number of aryl methyl sites for hydroxylation is 1. The molecule has 7 N–H and O–H groups in total. The number of primary amides is 1. The van der Waals surface area contributed by atoms with Crippen LogP contribution in [0, 0.1) is 4.77 Å². The number of rotatable bonds is 14. The third-order valence-corrected chi connectivity index (χ3v) is 7.70. The summed E-state index contributed by atoms with van der Waals surface area (Å²) >= 11 is 10.9. The lowest BCUT2D eigenvalue weighted by atomic mass is 10.0. The number of benzene rings is 2. The lowest BCUT2D eigenvalue weighted by molar-refractivity contribution is -0.127. The van der Waals surface area contributed by atoms with Gasteiger partial charge in [-0.1, -0.05) is 30.3 Å². The summed E-state index contributed by atoms with van der Waals surface area (Å²) in [6.45, 7) is 1.81. The molecule has 3 amide bonds. The molecule has 1 aliphatic heterocycles. The number of aromatic amines is 1. The first kappa shape index (κ1) is 29.4. The van der Waals surface area contributed by atoms with Gasteiger partial charge in [-0.05, 0) is 86.8 Å². The molecule has 12 heteroatoms. The summed E-state index contributed by atoms with van der Waals surface area (Å²) in [6.07, 6.45) is 4.35. The molecule has 40 heavy (non-hydrogen) atoms. The van der Waals surface area contributed by atoms with Crippen LogP contribution in [-0.4, -0.2) is 62.5 Å². The van der Waals surface area contributed by atoms with Crippen LogP contribution < -0.4 is 22.1 Å². The number of H-pyrrole nitrogens is 1. The molecule has 10 nitrogen and oxygen atoms in total. The Hall–Kier alpha value is -3.61. The highest BCUT2D eigenvalue weighted by Crippen LogP contribution is 2.19. The summed E-state index contributed by atoms with van der Waals surface area (Å²) in [4.78, 5) is 42.5. The van der Waals surface area contributed by atoms with E-state index in [1.807, 2.05) is 41.0 Å². The van der Waals surface area contributed by atoms with Crippen molar-refractivity contribution >= 4 is 58.3 Å². The molecule has 2 atom stereocenters. The number of hydrogen-bond acceptors (Lipinski definition) is 6. The third kappa shape index (κ3) is 7.12. The number of thiocarbonyl (C=S) groups is 1. The van der Waals surface area contributed by atoms with Gasteiger partial charge in [-0.2, -0.15) is 0 Å². The Morgan fingerprint density at radius 3 is 2.50 bits per heavy atom. The highest BCUT2D eigenvalue weighted by molar-refractivity contribution is 7.80. The van der Waals surface area contributed by atoms with Gasteiger partial charge in [-0.15, -0.1) is 0 Å². The normalized spacial score (nSPS) is 15.8. The summed E-state index contributed by atoms with van der Waals surface area (Å²) in [5, 5.41) is 6.36. The maximum absolute atomic E-state index is 13.0. The number of unbranched alkanes of at least 4 members (excludes halogenated alkanes) is 2. The molecule has 2 heterocycles. The maximum Gasteiger partial charge on any atom is 0.252 e. The standard InChI is InChI=1S/C28H35N7O3S2/c29-13-5-4-10-20-26(38)35(28(40)32-20)15-7-6-14-34-23-12-11-19(17-21(23)33-27(34)39)25(37)31-22(24(30)36)16-18-8-2-1-3-9-18/h1-3,8-9,11-12,17,20,22H,4-7,10,13-16,29H2,(H2,30,36)(H,31,37)(H,32,40)(H,33,39)/t20?,22-/m0/s1. The molecule has 0 aliphatic carbocycles. The first-order valence-corrected chi connectivity index (χ1v) is 14.3. The predicted octanol–water partition coefficient (Wildman–Crippen LogP) is 2.52. The molecule has 0 radical (unpaired) electrons. The highest BCUT2D eigenvalue weighted by atomic mass is 32.1. The van der Waals surface area contributed by atoms with Gasteiger partial charge in [0.15, 0.2) is 9.88 Å². The van der Waals surface area contributed by atoms with Crippen LogP contribution in [0.3, 0.4) is 0 Å². The summed E-state index contributed by atoms with van der Waals surface area (Å²) < 4.78 is 2.52. The van der Waals surface area contributed by atoms with Crippen LogP contribution in [0.25, 0.3) is 11.0 Å². The lowest BCUT2D eigenvalue weighted by Gasteiger charge is -2.16. The number of nitrogens with one attached hydrogen (secondary N) is 3. The average molecular weight is 582 g/mol. The average Bonchev–Trinajstić information content (AvgIpc) is 3.40. The molecule has 1 fully saturated rings. The molecule has 1 unspecified atom stereocenters. The van der Waals surface area contributed by atoms with Crippen molar-refractivity contribution in [3.63, 3.8) is 0 Å². The van der Waals surface area contributed by atoms with Gasteiger partial charge in [0, 0.05) is 25.1 Å². The molecule has 2 aromatic carbocycles. The van der Waals surface area contributed by atoms with E-state index >= 15 is 0 Å². The van der Waals surface area contributed by atoms with Gasteiger partial charge in [0.1, 0.15) is 12.1 Å². The third-order valence-electron chi connectivity index (χ3n) is 7.04. The molecule has 3 aromatic rings. The first-order chi connectivity index (χ1) is 19.3. The number of imidazole rings is 1. The van der Waals surface area contributed by atoms with Gasteiger partial charge in [0.05, 0.1) is 11.0 Å². The van der Waals surface area contributed by atoms with E-state index in [0.717, 1.165) is 48.7 Å². The zero-order valence-corrected chi connectivity index (χ0v) is 23.9. The van der Waals surface area contributed by atoms with Crippen LogP contribution in [0.5, 0.6) is 0 Å². The fourth-order valence-electron chi connectivity index (χ4n) is 4.86. The van der Waals surface area contributed by atoms with Crippen LogP contribution in [0.15, 0.2) is 48.5 Å². The number of nitrogens with two attached hydrogens (primary N) is 2. The number of fused-ring (bicyclic) bond motifs is 1. The maximum atomic E-state index is 13.0. The van der Waals surface area contributed by atoms with E-state index in [1.165, 1.54) is 0 Å². The van der Waals surface area contributed by atoms with E-state index in [0.29, 0.717) is 41.5 Å². The second-order valence-corrected chi connectivity index (χ2v) is 10.7. The summed E-state index contributed by atoms with van der Waals surface area (Å²) in [7, 11) is 0. The van der Waals surface area contributed by atoms with Crippen molar-refractivity contribution < 1.29 is 14.4 Å². The summed E-state index contributed by atoms with van der Waals surface area (Å²) in [6, 6.07) is 13.6. The van der Waals surface area contributed by atoms with E-state index < -0.39 is 17.9 Å². The second kappa shape index (κ2) is 13.6. The van der Waals surface area contributed by atoms with Crippen molar-refractivity contribution in [2.75, 3.05) is 13.1 Å². The SMILES string of the molecule is NCCCCC1NC(=S)N(CCCCn2c(=S)[nH]c3cc(C(=O)N[C@@H](Cc4ccccc4)C(N)=O)ccc32)C1=O. The van der Waals surface area contributed by atoms with Gasteiger partial charge in [0.25, 0.3) is 11.8 Å². The van der Waals surface area contributed by atoms with Gasteiger partial charge >= 0.3 is 0 Å². The topological polar surface area (TPSA) is 151 Å². The molecule has 1 saturated heterocycles. The van der Waals surface area contributed by atoms with Crippen molar-refractivity contribution in [2.24, 2.45) is 11.5 Å². The molecular weight excluding hydrogens is 546 g/mol. The lowest BCUT2D eigenvalue weighted by Crippen LogP contribution is -2.45. The molecule has 1 aromatic heterocycles. The number of carbonyl (C=O) groups is 3. The van der Waals surface area contributed by atoms with E-state index in [4.69, 9.17) is 35.9 Å². The quantitative estimate of drug-likeness (QED) is 0.145. The number of nitrogens with zero attached hydrogens (tertiary/aromatic N) is 2. The predicted molar refractivity (Wildman–Crippen MR) is 161 cm³/mol. The van der Waals surface area contributed by atoms with Crippen LogP contribution in [0.2, 0.25) is 0 Å². The van der Waals surface area contributed by atoms with Gasteiger partial charge in [-0.25, -0.2) is 0 Å². The minimum Gasteiger partial charge on any atom is -0.368 e. The van der Waals surface area contributed by atoms with Crippen molar-refractivity contribution in [1.82, 2.24) is 25.1 Å². The molecule has 212 valence electrons. The Balaban J connectivity index is 1.34. The van der Waals surface area contributed by atoms with Crippen molar-refractivity contribution in [3.8, 4) is 0 Å². The number of carbonyl (C=O) groups excluding carboxylic acids is 3. The summed E-state index contributed by atoms with van der Waals surface area (Å²) in [5.41, 5.74) is 14.0. The van der Waals surface area contributed by atoms with Gasteiger partial charge in [0.2, 0.25) is 5.91 Å². The first-order valence-electron chi connectivity index (χ1n) is 13.5. The minimum absolute atomic E-state index is 0.0267. The molecule has 1 aliphatic rings.